The summed E-state index contributed by atoms with van der Waals surface area (Å²) in [6.45, 7) is 6.12. The van der Waals surface area contributed by atoms with Gasteiger partial charge >= 0.3 is 0 Å². The highest BCUT2D eigenvalue weighted by Gasteiger charge is 2.04. The fourth-order valence-corrected chi connectivity index (χ4v) is 2.21. The van der Waals surface area contributed by atoms with Gasteiger partial charge in [-0.1, -0.05) is 13.0 Å². The molecule has 0 spiro atoms. The number of rotatable bonds is 6. The molecule has 0 atom stereocenters. The molecule has 1 aromatic heterocycles. The maximum atomic E-state index is 5.30. The molecule has 20 heavy (non-hydrogen) atoms. The number of benzene rings is 1. The normalized spacial score (nSPS) is 10.6. The molecule has 3 heteroatoms. The predicted molar refractivity (Wildman–Crippen MR) is 83.0 cm³/mol. The summed E-state index contributed by atoms with van der Waals surface area (Å²) < 4.78 is 5.30. The van der Waals surface area contributed by atoms with Crippen LogP contribution in [0.1, 0.15) is 24.5 Å². The van der Waals surface area contributed by atoms with Gasteiger partial charge in [-0.05, 0) is 54.8 Å². The number of methoxy groups -OCH3 is 1. The van der Waals surface area contributed by atoms with Crippen LogP contribution in [-0.4, -0.2) is 18.6 Å². The molecule has 0 unspecified atom stereocenters. The number of aromatic nitrogens is 1. The zero-order valence-electron chi connectivity index (χ0n) is 12.4. The van der Waals surface area contributed by atoms with Crippen molar-refractivity contribution < 1.29 is 4.74 Å². The van der Waals surface area contributed by atoms with Gasteiger partial charge in [-0.3, -0.25) is 4.98 Å². The summed E-state index contributed by atoms with van der Waals surface area (Å²) in [5.41, 5.74) is 4.67. The summed E-state index contributed by atoms with van der Waals surface area (Å²) in [5, 5.41) is 3.40. The van der Waals surface area contributed by atoms with E-state index in [9.17, 15) is 0 Å². The molecule has 1 aromatic carbocycles. The maximum absolute atomic E-state index is 5.30. The topological polar surface area (TPSA) is 34.2 Å². The molecule has 0 aliphatic carbocycles. The molecule has 0 aliphatic rings. The van der Waals surface area contributed by atoms with Gasteiger partial charge in [0.05, 0.1) is 7.11 Å². The fraction of sp³-hybridized carbons (Fsp3) is 0.353. The second kappa shape index (κ2) is 7.06. The van der Waals surface area contributed by atoms with Crippen molar-refractivity contribution in [3.63, 3.8) is 0 Å². The van der Waals surface area contributed by atoms with E-state index >= 15 is 0 Å². The van der Waals surface area contributed by atoms with E-state index in [1.807, 2.05) is 18.5 Å². The number of nitrogens with one attached hydrogen (secondary N) is 1. The first-order chi connectivity index (χ1) is 9.74. The van der Waals surface area contributed by atoms with Crippen LogP contribution in [-0.2, 0) is 6.54 Å². The summed E-state index contributed by atoms with van der Waals surface area (Å²) in [6, 6.07) is 8.41. The van der Waals surface area contributed by atoms with Gasteiger partial charge in [-0.15, -0.1) is 0 Å². The molecule has 1 N–H and O–H groups in total. The molecule has 2 rings (SSSR count). The lowest BCUT2D eigenvalue weighted by Gasteiger charge is -2.09. The second-order valence-corrected chi connectivity index (χ2v) is 4.94. The average molecular weight is 270 g/mol. The molecule has 0 saturated carbocycles. The lowest BCUT2D eigenvalue weighted by molar-refractivity contribution is 0.412. The van der Waals surface area contributed by atoms with Gasteiger partial charge in [0.25, 0.3) is 0 Å². The summed E-state index contributed by atoms with van der Waals surface area (Å²) in [5.74, 6) is 0.919. The molecule has 0 saturated heterocycles. The molecule has 106 valence electrons. The highest BCUT2D eigenvalue weighted by atomic mass is 16.5. The Morgan fingerprint density at radius 1 is 1.15 bits per heavy atom. The zero-order valence-corrected chi connectivity index (χ0v) is 12.4. The Morgan fingerprint density at radius 2 is 2.00 bits per heavy atom. The SMILES string of the molecule is CCCNCc1cncc(-c2ccc(OC)c(C)c2)c1. The number of aryl methyl sites for hydroxylation is 1. The molecule has 3 nitrogen and oxygen atoms in total. The largest absolute Gasteiger partial charge is 0.496 e. The van der Waals surface area contributed by atoms with E-state index in [2.05, 4.69) is 42.3 Å². The van der Waals surface area contributed by atoms with E-state index in [0.717, 1.165) is 36.4 Å². The van der Waals surface area contributed by atoms with Crippen LogP contribution >= 0.6 is 0 Å². The summed E-state index contributed by atoms with van der Waals surface area (Å²) >= 11 is 0. The minimum Gasteiger partial charge on any atom is -0.496 e. The first kappa shape index (κ1) is 14.5. The van der Waals surface area contributed by atoms with Gasteiger partial charge in [0.2, 0.25) is 0 Å². The fourth-order valence-electron chi connectivity index (χ4n) is 2.21. The number of pyridine rings is 1. The van der Waals surface area contributed by atoms with Crippen LogP contribution in [0.3, 0.4) is 0 Å². The minimum atomic E-state index is 0.865. The summed E-state index contributed by atoms with van der Waals surface area (Å²) in [4.78, 5) is 4.34. The Kier molecular flexibility index (Phi) is 5.13. The lowest BCUT2D eigenvalue weighted by Crippen LogP contribution is -2.13. The smallest absolute Gasteiger partial charge is 0.121 e. The highest BCUT2D eigenvalue weighted by molar-refractivity contribution is 5.65. The Balaban J connectivity index is 2.19. The van der Waals surface area contributed by atoms with E-state index in [-0.39, 0.29) is 0 Å². The van der Waals surface area contributed by atoms with Crippen molar-refractivity contribution in [3.8, 4) is 16.9 Å². The van der Waals surface area contributed by atoms with Crippen molar-refractivity contribution in [2.45, 2.75) is 26.8 Å². The van der Waals surface area contributed by atoms with Crippen molar-refractivity contribution >= 4 is 0 Å². The first-order valence-electron chi connectivity index (χ1n) is 7.04. The monoisotopic (exact) mass is 270 g/mol. The van der Waals surface area contributed by atoms with Gasteiger partial charge in [0.1, 0.15) is 5.75 Å². The van der Waals surface area contributed by atoms with Crippen LogP contribution in [0.5, 0.6) is 5.75 Å². The molecule has 2 aromatic rings. The Bertz CT molecular complexity index is 567. The maximum Gasteiger partial charge on any atom is 0.121 e. The van der Waals surface area contributed by atoms with Crippen LogP contribution in [0.4, 0.5) is 0 Å². The van der Waals surface area contributed by atoms with Crippen LogP contribution < -0.4 is 10.1 Å². The number of nitrogens with zero attached hydrogens (tertiary/aromatic N) is 1. The van der Waals surface area contributed by atoms with E-state index in [1.165, 1.54) is 11.1 Å². The third kappa shape index (κ3) is 3.58. The number of ether oxygens (including phenoxy) is 1. The van der Waals surface area contributed by atoms with Crippen molar-refractivity contribution in [2.24, 2.45) is 0 Å². The quantitative estimate of drug-likeness (QED) is 0.815. The number of hydrogen-bond acceptors (Lipinski definition) is 3. The molecular weight excluding hydrogens is 248 g/mol. The van der Waals surface area contributed by atoms with Crippen LogP contribution in [0.15, 0.2) is 36.7 Å². The zero-order chi connectivity index (χ0) is 14.4. The third-order valence-electron chi connectivity index (χ3n) is 3.28. The second-order valence-electron chi connectivity index (χ2n) is 4.94. The molecule has 0 amide bonds. The molecule has 0 bridgehead atoms. The van der Waals surface area contributed by atoms with E-state index in [0.29, 0.717) is 0 Å². The Hall–Kier alpha value is -1.87. The lowest BCUT2D eigenvalue weighted by atomic mass is 10.0. The van der Waals surface area contributed by atoms with E-state index in [1.54, 1.807) is 7.11 Å². The van der Waals surface area contributed by atoms with E-state index in [4.69, 9.17) is 4.74 Å². The van der Waals surface area contributed by atoms with Gasteiger partial charge in [0, 0.05) is 24.5 Å². The molecule has 1 heterocycles. The van der Waals surface area contributed by atoms with Gasteiger partial charge in [-0.2, -0.15) is 0 Å². The highest BCUT2D eigenvalue weighted by Crippen LogP contribution is 2.26. The van der Waals surface area contributed by atoms with Crippen LogP contribution in [0.2, 0.25) is 0 Å². The van der Waals surface area contributed by atoms with Gasteiger partial charge < -0.3 is 10.1 Å². The Labute approximate surface area is 121 Å². The van der Waals surface area contributed by atoms with Crippen LogP contribution in [0, 0.1) is 6.92 Å². The van der Waals surface area contributed by atoms with Crippen molar-refractivity contribution in [2.75, 3.05) is 13.7 Å². The Morgan fingerprint density at radius 3 is 2.70 bits per heavy atom. The molecule has 0 radical (unpaired) electrons. The third-order valence-corrected chi connectivity index (χ3v) is 3.28. The van der Waals surface area contributed by atoms with Gasteiger partial charge in [0.15, 0.2) is 0 Å². The van der Waals surface area contributed by atoms with Gasteiger partial charge in [-0.25, -0.2) is 0 Å². The number of hydrogen-bond donors (Lipinski definition) is 1. The van der Waals surface area contributed by atoms with Crippen LogP contribution in [0.25, 0.3) is 11.1 Å². The summed E-state index contributed by atoms with van der Waals surface area (Å²) in [6.07, 6.45) is 4.97. The van der Waals surface area contributed by atoms with Crippen molar-refractivity contribution in [1.82, 2.24) is 10.3 Å². The predicted octanol–water partition coefficient (Wildman–Crippen LogP) is 3.57. The van der Waals surface area contributed by atoms with Crippen molar-refractivity contribution in [3.05, 3.63) is 47.8 Å². The first-order valence-corrected chi connectivity index (χ1v) is 7.04. The average Bonchev–Trinajstić information content (AvgIpc) is 2.48. The van der Waals surface area contributed by atoms with Crippen molar-refractivity contribution in [1.29, 1.82) is 0 Å². The molecule has 0 fully saturated rings. The standard InChI is InChI=1S/C17H22N2O/c1-4-7-18-10-14-9-16(12-19-11-14)15-5-6-17(20-3)13(2)8-15/h5-6,8-9,11-12,18H,4,7,10H2,1-3H3. The van der Waals surface area contributed by atoms with E-state index < -0.39 is 0 Å². The minimum absolute atomic E-state index is 0.865. The molecular formula is C17H22N2O. The summed E-state index contributed by atoms with van der Waals surface area (Å²) in [7, 11) is 1.70. The molecule has 0 aliphatic heterocycles.